The number of pyridine rings is 1. The van der Waals surface area contributed by atoms with E-state index in [-0.39, 0.29) is 11.5 Å². The van der Waals surface area contributed by atoms with Gasteiger partial charge in [0.2, 0.25) is 5.91 Å². The van der Waals surface area contributed by atoms with E-state index < -0.39 is 0 Å². The maximum absolute atomic E-state index is 12.8. The molecule has 2 aromatic rings. The number of piperidine rings is 1. The van der Waals surface area contributed by atoms with Crippen molar-refractivity contribution in [2.75, 3.05) is 32.8 Å². The Morgan fingerprint density at radius 3 is 2.56 bits per heavy atom. The SMILES string of the molecule is O=C(Cc1ccccc1)N1CCOC2(CCN(Cc3ccccn3)CC2)C1. The summed E-state index contributed by atoms with van der Waals surface area (Å²) < 4.78 is 6.20. The Morgan fingerprint density at radius 2 is 1.81 bits per heavy atom. The van der Waals surface area contributed by atoms with Crippen molar-refractivity contribution in [3.05, 3.63) is 66.0 Å². The van der Waals surface area contributed by atoms with Crippen LogP contribution in [0.5, 0.6) is 0 Å². The Balaban J connectivity index is 1.32. The highest BCUT2D eigenvalue weighted by Crippen LogP contribution is 2.31. The van der Waals surface area contributed by atoms with Crippen molar-refractivity contribution in [3.8, 4) is 0 Å². The number of carbonyl (C=O) groups is 1. The van der Waals surface area contributed by atoms with Crippen molar-refractivity contribution in [2.24, 2.45) is 0 Å². The number of benzene rings is 1. The van der Waals surface area contributed by atoms with Crippen molar-refractivity contribution in [3.63, 3.8) is 0 Å². The standard InChI is InChI=1S/C22H27N3O2/c26-21(16-19-6-2-1-3-7-19)25-14-15-27-22(18-25)9-12-24(13-10-22)17-20-8-4-5-11-23-20/h1-8,11H,9-10,12-18H2. The van der Waals surface area contributed by atoms with Gasteiger partial charge in [0.25, 0.3) is 0 Å². The molecule has 2 aliphatic heterocycles. The molecule has 1 aromatic heterocycles. The minimum atomic E-state index is -0.175. The van der Waals surface area contributed by atoms with Crippen LogP contribution in [-0.4, -0.2) is 59.1 Å². The Labute approximate surface area is 161 Å². The maximum atomic E-state index is 12.8. The number of morpholine rings is 1. The second-order valence-corrected chi connectivity index (χ2v) is 7.61. The maximum Gasteiger partial charge on any atom is 0.227 e. The quantitative estimate of drug-likeness (QED) is 0.835. The van der Waals surface area contributed by atoms with Crippen LogP contribution < -0.4 is 0 Å². The van der Waals surface area contributed by atoms with E-state index in [4.69, 9.17) is 4.74 Å². The number of hydrogen-bond acceptors (Lipinski definition) is 4. The fourth-order valence-corrected chi connectivity index (χ4v) is 4.08. The lowest BCUT2D eigenvalue weighted by Gasteiger charge is -2.47. The van der Waals surface area contributed by atoms with E-state index in [0.29, 0.717) is 19.6 Å². The van der Waals surface area contributed by atoms with Gasteiger partial charge in [0, 0.05) is 38.9 Å². The first-order chi connectivity index (χ1) is 13.2. The monoisotopic (exact) mass is 365 g/mol. The molecule has 4 rings (SSSR count). The fourth-order valence-electron chi connectivity index (χ4n) is 4.08. The van der Waals surface area contributed by atoms with Crippen molar-refractivity contribution in [1.82, 2.24) is 14.8 Å². The van der Waals surface area contributed by atoms with Gasteiger partial charge in [0.05, 0.1) is 24.3 Å². The highest BCUT2D eigenvalue weighted by atomic mass is 16.5. The van der Waals surface area contributed by atoms with Crippen LogP contribution in [0.4, 0.5) is 0 Å². The van der Waals surface area contributed by atoms with Gasteiger partial charge in [-0.25, -0.2) is 0 Å². The molecule has 0 N–H and O–H groups in total. The minimum Gasteiger partial charge on any atom is -0.371 e. The van der Waals surface area contributed by atoms with Crippen molar-refractivity contribution in [1.29, 1.82) is 0 Å². The molecule has 0 bridgehead atoms. The van der Waals surface area contributed by atoms with Crippen molar-refractivity contribution < 1.29 is 9.53 Å². The van der Waals surface area contributed by atoms with Gasteiger partial charge in [0.1, 0.15) is 0 Å². The molecule has 5 heteroatoms. The Kier molecular flexibility index (Phi) is 5.50. The molecule has 2 aliphatic rings. The van der Waals surface area contributed by atoms with Crippen LogP contribution in [0.15, 0.2) is 54.7 Å². The molecule has 0 saturated carbocycles. The third kappa shape index (κ3) is 4.54. The minimum absolute atomic E-state index is 0.175. The molecule has 1 amide bonds. The summed E-state index contributed by atoms with van der Waals surface area (Å²) in [5.74, 6) is 0.208. The van der Waals surface area contributed by atoms with Gasteiger partial charge in [-0.1, -0.05) is 36.4 Å². The predicted octanol–water partition coefficient (Wildman–Crippen LogP) is 2.52. The van der Waals surface area contributed by atoms with E-state index >= 15 is 0 Å². The van der Waals surface area contributed by atoms with Gasteiger partial charge in [0.15, 0.2) is 0 Å². The third-order valence-electron chi connectivity index (χ3n) is 5.68. The molecule has 142 valence electrons. The number of ether oxygens (including phenoxy) is 1. The molecule has 1 aromatic carbocycles. The third-order valence-corrected chi connectivity index (χ3v) is 5.68. The summed E-state index contributed by atoms with van der Waals surface area (Å²) in [4.78, 5) is 21.6. The highest BCUT2D eigenvalue weighted by molar-refractivity contribution is 5.79. The van der Waals surface area contributed by atoms with Crippen molar-refractivity contribution in [2.45, 2.75) is 31.4 Å². The molecule has 2 saturated heterocycles. The summed E-state index contributed by atoms with van der Waals surface area (Å²) in [6.45, 7) is 4.91. The summed E-state index contributed by atoms with van der Waals surface area (Å²) in [6.07, 6.45) is 4.26. The fraction of sp³-hybridized carbons (Fsp3) is 0.455. The van der Waals surface area contributed by atoms with Gasteiger partial charge in [-0.2, -0.15) is 0 Å². The number of amides is 1. The lowest BCUT2D eigenvalue weighted by atomic mass is 9.89. The molecule has 3 heterocycles. The van der Waals surface area contributed by atoms with E-state index in [2.05, 4.69) is 16.0 Å². The lowest BCUT2D eigenvalue weighted by Crippen LogP contribution is -2.58. The van der Waals surface area contributed by atoms with E-state index in [1.54, 1.807) is 0 Å². The van der Waals surface area contributed by atoms with Gasteiger partial charge in [-0.3, -0.25) is 14.7 Å². The summed E-state index contributed by atoms with van der Waals surface area (Å²) in [5, 5.41) is 0. The van der Waals surface area contributed by atoms with E-state index in [1.165, 1.54) is 0 Å². The summed E-state index contributed by atoms with van der Waals surface area (Å²) >= 11 is 0. The zero-order valence-electron chi connectivity index (χ0n) is 15.7. The average Bonchev–Trinajstić information content (AvgIpc) is 2.72. The summed E-state index contributed by atoms with van der Waals surface area (Å²) in [6, 6.07) is 16.1. The Hall–Kier alpha value is -2.24. The molecule has 0 aliphatic carbocycles. The largest absolute Gasteiger partial charge is 0.371 e. The number of carbonyl (C=O) groups excluding carboxylic acids is 1. The van der Waals surface area contributed by atoms with Gasteiger partial charge < -0.3 is 9.64 Å². The molecular formula is C22H27N3O2. The number of hydrogen-bond donors (Lipinski definition) is 0. The molecular weight excluding hydrogens is 338 g/mol. The molecule has 0 unspecified atom stereocenters. The summed E-state index contributed by atoms with van der Waals surface area (Å²) in [5.41, 5.74) is 2.01. The topological polar surface area (TPSA) is 45.7 Å². The predicted molar refractivity (Wildman–Crippen MR) is 104 cm³/mol. The Morgan fingerprint density at radius 1 is 1.04 bits per heavy atom. The molecule has 0 radical (unpaired) electrons. The van der Waals surface area contributed by atoms with Gasteiger partial charge in [-0.15, -0.1) is 0 Å². The first-order valence-electron chi connectivity index (χ1n) is 9.80. The lowest BCUT2D eigenvalue weighted by molar-refractivity contribution is -0.159. The molecule has 27 heavy (non-hydrogen) atoms. The second kappa shape index (κ2) is 8.19. The van der Waals surface area contributed by atoms with Crippen LogP contribution in [0.1, 0.15) is 24.1 Å². The number of nitrogens with zero attached hydrogens (tertiary/aromatic N) is 3. The van der Waals surface area contributed by atoms with Crippen LogP contribution in [0.2, 0.25) is 0 Å². The zero-order valence-corrected chi connectivity index (χ0v) is 15.7. The van der Waals surface area contributed by atoms with Crippen LogP contribution in [0.25, 0.3) is 0 Å². The van der Waals surface area contributed by atoms with E-state index in [0.717, 1.165) is 50.3 Å². The first kappa shape index (κ1) is 18.1. The smallest absolute Gasteiger partial charge is 0.227 e. The highest BCUT2D eigenvalue weighted by Gasteiger charge is 2.40. The molecule has 2 fully saturated rings. The van der Waals surface area contributed by atoms with Crippen LogP contribution >= 0.6 is 0 Å². The van der Waals surface area contributed by atoms with Crippen molar-refractivity contribution >= 4 is 5.91 Å². The van der Waals surface area contributed by atoms with Crippen LogP contribution in [0.3, 0.4) is 0 Å². The second-order valence-electron chi connectivity index (χ2n) is 7.61. The average molecular weight is 365 g/mol. The van der Waals surface area contributed by atoms with E-state index in [1.807, 2.05) is 53.6 Å². The van der Waals surface area contributed by atoms with E-state index in [9.17, 15) is 4.79 Å². The normalized spacial score (nSPS) is 19.9. The van der Waals surface area contributed by atoms with Gasteiger partial charge >= 0.3 is 0 Å². The number of rotatable bonds is 4. The molecule has 1 spiro atoms. The molecule has 5 nitrogen and oxygen atoms in total. The molecule has 0 atom stereocenters. The summed E-state index contributed by atoms with van der Waals surface area (Å²) in [7, 11) is 0. The van der Waals surface area contributed by atoms with Crippen LogP contribution in [-0.2, 0) is 22.5 Å². The first-order valence-corrected chi connectivity index (χ1v) is 9.80. The number of likely N-dealkylation sites (tertiary alicyclic amines) is 1. The zero-order chi connectivity index (χ0) is 18.5. The van der Waals surface area contributed by atoms with Crippen LogP contribution in [0, 0.1) is 0 Å². The van der Waals surface area contributed by atoms with Gasteiger partial charge in [-0.05, 0) is 30.5 Å². The number of aromatic nitrogens is 1. The Bertz CT molecular complexity index is 743.